The van der Waals surface area contributed by atoms with Gasteiger partial charge in [0, 0.05) is 23.2 Å². The number of amides is 1. The highest BCUT2D eigenvalue weighted by atomic mass is 35.5. The molecule has 0 radical (unpaired) electrons. The first kappa shape index (κ1) is 20.1. The van der Waals surface area contributed by atoms with Crippen molar-refractivity contribution in [3.05, 3.63) is 81.6 Å². The first-order valence-corrected chi connectivity index (χ1v) is 9.17. The van der Waals surface area contributed by atoms with Gasteiger partial charge in [-0.25, -0.2) is 4.68 Å². The fourth-order valence-corrected chi connectivity index (χ4v) is 2.64. The summed E-state index contributed by atoms with van der Waals surface area (Å²) >= 11 is 5.89. The van der Waals surface area contributed by atoms with Gasteiger partial charge in [0.1, 0.15) is 5.75 Å². The summed E-state index contributed by atoms with van der Waals surface area (Å²) in [5.74, 6) is 0.170. The van der Waals surface area contributed by atoms with Gasteiger partial charge in [-0.3, -0.25) is 9.59 Å². The number of nitrogens with zero attached hydrogens (tertiary/aromatic N) is 3. The molecule has 0 aliphatic rings. The molecule has 0 unspecified atom stereocenters. The Labute approximate surface area is 172 Å². The topological polar surface area (TPSA) is 97.0 Å². The second-order valence-electron chi connectivity index (χ2n) is 6.06. The van der Waals surface area contributed by atoms with E-state index in [0.717, 1.165) is 5.56 Å². The summed E-state index contributed by atoms with van der Waals surface area (Å²) in [4.78, 5) is 23.9. The summed E-state index contributed by atoms with van der Waals surface area (Å²) in [6.07, 6.45) is 0. The Hall–Kier alpha value is -3.63. The molecule has 8 heteroatoms. The molecule has 0 aliphatic heterocycles. The highest BCUT2D eigenvalue weighted by Gasteiger charge is 2.06. The standard InChI is InChI=1S/C21H17ClN4O3/c22-17-5-3-16(4-6-17)19-9-10-21(28)26(25-19)12-11-24-20(27)14-29-18-7-1-15(13-23)2-8-18/h1-10H,11-12,14H2,(H,24,27). The highest BCUT2D eigenvalue weighted by Crippen LogP contribution is 2.18. The SMILES string of the molecule is N#Cc1ccc(OCC(=O)NCCn2nc(-c3ccc(Cl)cc3)ccc2=O)cc1. The van der Waals surface area contributed by atoms with Gasteiger partial charge in [0.15, 0.2) is 6.61 Å². The van der Waals surface area contributed by atoms with Crippen LogP contribution in [0.1, 0.15) is 5.56 Å². The fourth-order valence-electron chi connectivity index (χ4n) is 2.51. The second kappa shape index (κ2) is 9.53. The van der Waals surface area contributed by atoms with Crippen molar-refractivity contribution in [2.24, 2.45) is 0 Å². The lowest BCUT2D eigenvalue weighted by Gasteiger charge is -2.09. The zero-order valence-corrected chi connectivity index (χ0v) is 16.1. The van der Waals surface area contributed by atoms with Gasteiger partial charge in [-0.1, -0.05) is 23.7 Å². The molecule has 3 rings (SSSR count). The van der Waals surface area contributed by atoms with Gasteiger partial charge in [0.2, 0.25) is 0 Å². The summed E-state index contributed by atoms with van der Waals surface area (Å²) in [6.45, 7) is 0.286. The summed E-state index contributed by atoms with van der Waals surface area (Å²) in [5.41, 5.74) is 1.73. The van der Waals surface area contributed by atoms with Crippen LogP contribution in [0.25, 0.3) is 11.3 Å². The highest BCUT2D eigenvalue weighted by molar-refractivity contribution is 6.30. The molecule has 0 bridgehead atoms. The lowest BCUT2D eigenvalue weighted by Crippen LogP contribution is -2.34. The van der Waals surface area contributed by atoms with Gasteiger partial charge in [0.25, 0.3) is 11.5 Å². The van der Waals surface area contributed by atoms with E-state index < -0.39 is 0 Å². The van der Waals surface area contributed by atoms with Crippen LogP contribution >= 0.6 is 11.6 Å². The van der Waals surface area contributed by atoms with Gasteiger partial charge < -0.3 is 10.1 Å². The van der Waals surface area contributed by atoms with Crippen LogP contribution in [0.4, 0.5) is 0 Å². The van der Waals surface area contributed by atoms with Crippen molar-refractivity contribution >= 4 is 17.5 Å². The van der Waals surface area contributed by atoms with E-state index in [9.17, 15) is 9.59 Å². The third-order valence-corrected chi connectivity index (χ3v) is 4.26. The number of nitrogens with one attached hydrogen (secondary N) is 1. The summed E-state index contributed by atoms with van der Waals surface area (Å²) in [5, 5.41) is 16.4. The number of benzene rings is 2. The van der Waals surface area contributed by atoms with Crippen molar-refractivity contribution in [2.45, 2.75) is 6.54 Å². The van der Waals surface area contributed by atoms with Crippen LogP contribution in [0.5, 0.6) is 5.75 Å². The van der Waals surface area contributed by atoms with E-state index >= 15 is 0 Å². The van der Waals surface area contributed by atoms with Crippen LogP contribution in [-0.2, 0) is 11.3 Å². The Kier molecular flexibility index (Phi) is 6.61. The predicted octanol–water partition coefficient (Wildman–Crippen LogP) is 2.63. The maximum atomic E-state index is 12.0. The van der Waals surface area contributed by atoms with Crippen molar-refractivity contribution in [3.8, 4) is 23.1 Å². The zero-order chi connectivity index (χ0) is 20.6. The van der Waals surface area contributed by atoms with Crippen molar-refractivity contribution in [2.75, 3.05) is 13.2 Å². The second-order valence-corrected chi connectivity index (χ2v) is 6.50. The van der Waals surface area contributed by atoms with E-state index in [-0.39, 0.29) is 31.2 Å². The van der Waals surface area contributed by atoms with Crippen molar-refractivity contribution in [1.29, 1.82) is 5.26 Å². The quantitative estimate of drug-likeness (QED) is 0.648. The molecule has 0 saturated carbocycles. The average Bonchev–Trinajstić information content (AvgIpc) is 2.74. The third kappa shape index (κ3) is 5.67. The molecule has 0 fully saturated rings. The number of hydrogen-bond acceptors (Lipinski definition) is 5. The van der Waals surface area contributed by atoms with Crippen molar-refractivity contribution in [3.63, 3.8) is 0 Å². The minimum Gasteiger partial charge on any atom is -0.484 e. The molecule has 1 amide bonds. The van der Waals surface area contributed by atoms with Crippen LogP contribution in [0.15, 0.2) is 65.5 Å². The minimum atomic E-state index is -0.323. The molecule has 7 nitrogen and oxygen atoms in total. The maximum absolute atomic E-state index is 12.0. The number of rotatable bonds is 7. The molecule has 0 spiro atoms. The molecule has 3 aromatic rings. The first-order chi connectivity index (χ1) is 14.0. The van der Waals surface area contributed by atoms with Crippen LogP contribution in [0.3, 0.4) is 0 Å². The molecule has 0 aliphatic carbocycles. The molecule has 1 heterocycles. The Morgan fingerprint density at radius 2 is 1.83 bits per heavy atom. The molecule has 1 aromatic heterocycles. The predicted molar refractivity (Wildman–Crippen MR) is 109 cm³/mol. The lowest BCUT2D eigenvalue weighted by molar-refractivity contribution is -0.123. The number of halogens is 1. The molecule has 1 N–H and O–H groups in total. The molecule has 0 atom stereocenters. The summed E-state index contributed by atoms with van der Waals surface area (Å²) < 4.78 is 6.66. The fraction of sp³-hybridized carbons (Fsp3) is 0.143. The number of ether oxygens (including phenoxy) is 1. The molecular weight excluding hydrogens is 392 g/mol. The Morgan fingerprint density at radius 3 is 2.52 bits per heavy atom. The number of nitriles is 1. The monoisotopic (exact) mass is 408 g/mol. The summed E-state index contributed by atoms with van der Waals surface area (Å²) in [6, 6.07) is 18.7. The average molecular weight is 409 g/mol. The van der Waals surface area contributed by atoms with Gasteiger partial charge in [-0.05, 0) is 42.5 Å². The number of hydrogen-bond donors (Lipinski definition) is 1. The van der Waals surface area contributed by atoms with Gasteiger partial charge >= 0.3 is 0 Å². The van der Waals surface area contributed by atoms with Crippen molar-refractivity contribution < 1.29 is 9.53 Å². The lowest BCUT2D eigenvalue weighted by atomic mass is 10.1. The third-order valence-electron chi connectivity index (χ3n) is 4.01. The normalized spacial score (nSPS) is 10.2. The smallest absolute Gasteiger partial charge is 0.266 e. The van der Waals surface area contributed by atoms with E-state index in [1.807, 2.05) is 18.2 Å². The minimum absolute atomic E-state index is 0.168. The van der Waals surface area contributed by atoms with Crippen LogP contribution in [0.2, 0.25) is 5.02 Å². The van der Waals surface area contributed by atoms with Gasteiger partial charge in [-0.2, -0.15) is 10.4 Å². The van der Waals surface area contributed by atoms with Gasteiger partial charge in [-0.15, -0.1) is 0 Å². The van der Waals surface area contributed by atoms with E-state index in [1.54, 1.807) is 42.5 Å². The summed E-state index contributed by atoms with van der Waals surface area (Å²) in [7, 11) is 0. The molecule has 0 saturated heterocycles. The number of carbonyl (C=O) groups excluding carboxylic acids is 1. The number of aromatic nitrogens is 2. The van der Waals surface area contributed by atoms with E-state index in [2.05, 4.69) is 10.4 Å². The molecule has 146 valence electrons. The number of carbonyl (C=O) groups is 1. The van der Waals surface area contributed by atoms with Crippen LogP contribution < -0.4 is 15.6 Å². The van der Waals surface area contributed by atoms with E-state index in [1.165, 1.54) is 10.7 Å². The van der Waals surface area contributed by atoms with Crippen LogP contribution in [-0.4, -0.2) is 28.8 Å². The molecule has 2 aromatic carbocycles. The molecule has 29 heavy (non-hydrogen) atoms. The largest absolute Gasteiger partial charge is 0.484 e. The van der Waals surface area contributed by atoms with E-state index in [0.29, 0.717) is 22.0 Å². The van der Waals surface area contributed by atoms with Crippen LogP contribution in [0, 0.1) is 11.3 Å². The maximum Gasteiger partial charge on any atom is 0.266 e. The Balaban J connectivity index is 1.52. The van der Waals surface area contributed by atoms with Crippen molar-refractivity contribution in [1.82, 2.24) is 15.1 Å². The van der Waals surface area contributed by atoms with Gasteiger partial charge in [0.05, 0.1) is 23.9 Å². The Bertz CT molecular complexity index is 1090. The first-order valence-electron chi connectivity index (χ1n) is 8.79. The van der Waals surface area contributed by atoms with E-state index in [4.69, 9.17) is 21.6 Å². The Morgan fingerprint density at radius 1 is 1.10 bits per heavy atom. The molecular formula is C21H17ClN4O3. The zero-order valence-electron chi connectivity index (χ0n) is 15.3.